The van der Waals surface area contributed by atoms with Gasteiger partial charge in [0.2, 0.25) is 0 Å². The van der Waals surface area contributed by atoms with E-state index in [4.69, 9.17) is 4.74 Å². The standard InChI is InChI=1S/C25H26N4O5/c1-4-25(2,23(31)32)28-22(30)21-20(13-26-29(21)3)27-24(33)34-14-19-17-11-7-5-9-15(17)16-10-6-8-12-18(16)19/h5-13,19H,4,14H2,1-3H3,(H,27,33)(H,28,30)(H,31,32). The van der Waals surface area contributed by atoms with Gasteiger partial charge < -0.3 is 15.2 Å². The third kappa shape index (κ3) is 4.12. The molecule has 3 N–H and O–H groups in total. The van der Waals surface area contributed by atoms with Crippen LogP contribution in [-0.2, 0) is 16.6 Å². The first-order valence-corrected chi connectivity index (χ1v) is 10.9. The van der Waals surface area contributed by atoms with Gasteiger partial charge in [0, 0.05) is 13.0 Å². The number of amides is 2. The van der Waals surface area contributed by atoms with E-state index in [1.165, 1.54) is 24.9 Å². The van der Waals surface area contributed by atoms with Gasteiger partial charge in [-0.3, -0.25) is 14.8 Å². The molecule has 1 aliphatic carbocycles. The third-order valence-electron chi connectivity index (χ3n) is 6.30. The van der Waals surface area contributed by atoms with Crippen molar-refractivity contribution in [3.63, 3.8) is 0 Å². The number of carbonyl (C=O) groups is 3. The third-order valence-corrected chi connectivity index (χ3v) is 6.30. The molecule has 0 fully saturated rings. The number of aromatic nitrogens is 2. The average Bonchev–Trinajstić information content (AvgIpc) is 3.34. The van der Waals surface area contributed by atoms with Gasteiger partial charge >= 0.3 is 12.1 Å². The molecule has 0 radical (unpaired) electrons. The van der Waals surface area contributed by atoms with Gasteiger partial charge in [-0.25, -0.2) is 9.59 Å². The van der Waals surface area contributed by atoms with Crippen LogP contribution in [0, 0.1) is 0 Å². The van der Waals surface area contributed by atoms with Crippen LogP contribution < -0.4 is 10.6 Å². The van der Waals surface area contributed by atoms with E-state index in [0.29, 0.717) is 0 Å². The Kier molecular flexibility index (Phi) is 6.10. The van der Waals surface area contributed by atoms with Crippen LogP contribution in [-0.4, -0.2) is 45.0 Å². The van der Waals surface area contributed by atoms with Crippen molar-refractivity contribution in [3.05, 3.63) is 71.5 Å². The second kappa shape index (κ2) is 9.01. The summed E-state index contributed by atoms with van der Waals surface area (Å²) in [5.74, 6) is -1.92. The minimum atomic E-state index is -1.46. The quantitative estimate of drug-likeness (QED) is 0.491. The number of anilines is 1. The van der Waals surface area contributed by atoms with Gasteiger partial charge in [0.05, 0.1) is 11.9 Å². The number of carbonyl (C=O) groups excluding carboxylic acids is 2. The Hall–Kier alpha value is -4.14. The first kappa shape index (κ1) is 23.0. The van der Waals surface area contributed by atoms with Gasteiger partial charge in [0.15, 0.2) is 0 Å². The largest absolute Gasteiger partial charge is 0.480 e. The van der Waals surface area contributed by atoms with Crippen LogP contribution in [0.25, 0.3) is 11.1 Å². The molecule has 1 aromatic heterocycles. The molecule has 1 aliphatic rings. The summed E-state index contributed by atoms with van der Waals surface area (Å²) in [6.07, 6.45) is 0.766. The Morgan fingerprint density at radius 2 is 1.68 bits per heavy atom. The fraction of sp³-hybridized carbons (Fsp3) is 0.280. The number of aliphatic carboxylic acids is 1. The molecule has 0 aliphatic heterocycles. The number of fused-ring (bicyclic) bond motifs is 3. The van der Waals surface area contributed by atoms with E-state index in [2.05, 4.69) is 27.9 Å². The number of carboxylic acid groups (broad SMARTS) is 1. The Morgan fingerprint density at radius 1 is 1.09 bits per heavy atom. The minimum Gasteiger partial charge on any atom is -0.480 e. The summed E-state index contributed by atoms with van der Waals surface area (Å²) in [6, 6.07) is 16.0. The highest BCUT2D eigenvalue weighted by Gasteiger charge is 2.35. The van der Waals surface area contributed by atoms with Crippen LogP contribution in [0.1, 0.15) is 47.8 Å². The number of aryl methyl sites for hydroxylation is 1. The zero-order valence-electron chi connectivity index (χ0n) is 19.2. The molecule has 1 unspecified atom stereocenters. The zero-order chi connectivity index (χ0) is 24.5. The second-order valence-electron chi connectivity index (χ2n) is 8.43. The number of hydrogen-bond acceptors (Lipinski definition) is 5. The zero-order valence-corrected chi connectivity index (χ0v) is 19.2. The van der Waals surface area contributed by atoms with Crippen molar-refractivity contribution < 1.29 is 24.2 Å². The van der Waals surface area contributed by atoms with Crippen molar-refractivity contribution in [2.45, 2.75) is 31.7 Å². The summed E-state index contributed by atoms with van der Waals surface area (Å²) in [7, 11) is 1.53. The smallest absolute Gasteiger partial charge is 0.411 e. The van der Waals surface area contributed by atoms with Crippen LogP contribution in [0.15, 0.2) is 54.7 Å². The van der Waals surface area contributed by atoms with Gasteiger partial charge in [0.25, 0.3) is 5.91 Å². The molecule has 176 valence electrons. The van der Waals surface area contributed by atoms with E-state index >= 15 is 0 Å². The van der Waals surface area contributed by atoms with Gasteiger partial charge in [-0.2, -0.15) is 5.10 Å². The molecule has 0 spiro atoms. The molecule has 2 aromatic carbocycles. The Bertz CT molecular complexity index is 1220. The molecular weight excluding hydrogens is 436 g/mol. The lowest BCUT2D eigenvalue weighted by atomic mass is 9.98. The van der Waals surface area contributed by atoms with Gasteiger partial charge in [-0.1, -0.05) is 55.5 Å². The van der Waals surface area contributed by atoms with Crippen LogP contribution in [0.2, 0.25) is 0 Å². The highest BCUT2D eigenvalue weighted by molar-refractivity contribution is 6.03. The van der Waals surface area contributed by atoms with Crippen molar-refractivity contribution in [2.75, 3.05) is 11.9 Å². The first-order chi connectivity index (χ1) is 16.2. The maximum absolute atomic E-state index is 12.8. The maximum Gasteiger partial charge on any atom is 0.411 e. The van der Waals surface area contributed by atoms with Crippen molar-refractivity contribution in [2.24, 2.45) is 7.05 Å². The summed E-state index contributed by atoms with van der Waals surface area (Å²) in [5.41, 5.74) is 3.11. The predicted octanol–water partition coefficient (Wildman–Crippen LogP) is 3.76. The SMILES string of the molecule is CCC(C)(NC(=O)c1c(NC(=O)OCC2c3ccccc3-c3ccccc32)cnn1C)C(=O)O. The van der Waals surface area contributed by atoms with Gasteiger partial charge in [-0.05, 0) is 35.6 Å². The molecule has 4 rings (SSSR count). The molecule has 0 saturated heterocycles. The average molecular weight is 463 g/mol. The normalized spacial score (nSPS) is 14.0. The van der Waals surface area contributed by atoms with E-state index < -0.39 is 23.5 Å². The molecule has 9 heteroatoms. The molecule has 34 heavy (non-hydrogen) atoms. The molecule has 1 heterocycles. The lowest BCUT2D eigenvalue weighted by Crippen LogP contribution is -2.52. The van der Waals surface area contributed by atoms with E-state index in [9.17, 15) is 19.5 Å². The van der Waals surface area contributed by atoms with Crippen LogP contribution >= 0.6 is 0 Å². The van der Waals surface area contributed by atoms with E-state index in [0.717, 1.165) is 22.3 Å². The fourth-order valence-electron chi connectivity index (χ4n) is 4.15. The van der Waals surface area contributed by atoms with Crippen molar-refractivity contribution >= 4 is 23.7 Å². The van der Waals surface area contributed by atoms with Crippen molar-refractivity contribution in [1.29, 1.82) is 0 Å². The predicted molar refractivity (Wildman–Crippen MR) is 126 cm³/mol. The number of rotatable bonds is 7. The topological polar surface area (TPSA) is 123 Å². The number of carboxylic acids is 1. The molecule has 0 bridgehead atoms. The lowest BCUT2D eigenvalue weighted by Gasteiger charge is -2.24. The molecule has 9 nitrogen and oxygen atoms in total. The molecule has 2 amide bonds. The van der Waals surface area contributed by atoms with Crippen molar-refractivity contribution in [1.82, 2.24) is 15.1 Å². The summed E-state index contributed by atoms with van der Waals surface area (Å²) < 4.78 is 6.81. The van der Waals surface area contributed by atoms with Crippen LogP contribution in [0.4, 0.5) is 10.5 Å². The second-order valence-corrected chi connectivity index (χ2v) is 8.43. The van der Waals surface area contributed by atoms with E-state index in [-0.39, 0.29) is 30.3 Å². The van der Waals surface area contributed by atoms with Crippen molar-refractivity contribution in [3.8, 4) is 11.1 Å². The van der Waals surface area contributed by atoms with E-state index in [1.807, 2.05) is 36.4 Å². The number of nitrogens with zero attached hydrogens (tertiary/aromatic N) is 2. The Labute approximate surface area is 196 Å². The van der Waals surface area contributed by atoms with E-state index in [1.54, 1.807) is 6.92 Å². The lowest BCUT2D eigenvalue weighted by molar-refractivity contribution is -0.143. The van der Waals surface area contributed by atoms with Gasteiger partial charge in [0.1, 0.15) is 17.8 Å². The minimum absolute atomic E-state index is 0.0226. The van der Waals surface area contributed by atoms with Crippen LogP contribution in [0.5, 0.6) is 0 Å². The number of nitrogens with one attached hydrogen (secondary N) is 2. The highest BCUT2D eigenvalue weighted by atomic mass is 16.5. The van der Waals surface area contributed by atoms with Gasteiger partial charge in [-0.15, -0.1) is 0 Å². The monoisotopic (exact) mass is 462 g/mol. The number of ether oxygens (including phenoxy) is 1. The Balaban J connectivity index is 1.47. The molecule has 1 atom stereocenters. The summed E-state index contributed by atoms with van der Waals surface area (Å²) in [5, 5.41) is 18.5. The number of benzene rings is 2. The number of hydrogen-bond donors (Lipinski definition) is 3. The fourth-order valence-corrected chi connectivity index (χ4v) is 4.15. The highest BCUT2D eigenvalue weighted by Crippen LogP contribution is 2.44. The molecular formula is C25H26N4O5. The molecule has 0 saturated carbocycles. The summed E-state index contributed by atoms with van der Waals surface area (Å²) >= 11 is 0. The summed E-state index contributed by atoms with van der Waals surface area (Å²) in [4.78, 5) is 37.0. The Morgan fingerprint density at radius 3 is 2.24 bits per heavy atom. The molecule has 3 aromatic rings. The van der Waals surface area contributed by atoms with Crippen LogP contribution in [0.3, 0.4) is 0 Å². The summed E-state index contributed by atoms with van der Waals surface area (Å²) in [6.45, 7) is 3.20. The maximum atomic E-state index is 12.8. The first-order valence-electron chi connectivity index (χ1n) is 10.9.